The molecule has 1 aromatic heterocycles. The average Bonchev–Trinajstić information content (AvgIpc) is 2.02. The van der Waals surface area contributed by atoms with Gasteiger partial charge in [0.1, 0.15) is 5.82 Å². The molecule has 0 fully saturated rings. The SMILES string of the molecule is CC(C)S(=O)(=O)Cc1ccnc(N)c1. The van der Waals surface area contributed by atoms with Crippen LogP contribution >= 0.6 is 0 Å². The first kappa shape index (κ1) is 11.0. The van der Waals surface area contributed by atoms with Gasteiger partial charge in [-0.15, -0.1) is 0 Å². The quantitative estimate of drug-likeness (QED) is 0.814. The molecule has 0 aliphatic heterocycles. The van der Waals surface area contributed by atoms with Crippen LogP contribution in [-0.2, 0) is 15.6 Å². The number of rotatable bonds is 3. The number of anilines is 1. The summed E-state index contributed by atoms with van der Waals surface area (Å²) in [6.45, 7) is 3.33. The maximum absolute atomic E-state index is 11.5. The van der Waals surface area contributed by atoms with E-state index in [1.165, 1.54) is 6.20 Å². The molecule has 0 unspecified atom stereocenters. The summed E-state index contributed by atoms with van der Waals surface area (Å²) >= 11 is 0. The lowest BCUT2D eigenvalue weighted by molar-refractivity contribution is 0.586. The summed E-state index contributed by atoms with van der Waals surface area (Å²) in [6.07, 6.45) is 1.51. The van der Waals surface area contributed by atoms with Crippen LogP contribution in [-0.4, -0.2) is 18.7 Å². The Hall–Kier alpha value is -1.10. The third-order valence-electron chi connectivity index (χ3n) is 1.93. The molecule has 0 aromatic carbocycles. The van der Waals surface area contributed by atoms with Crippen LogP contribution in [0.15, 0.2) is 18.3 Å². The van der Waals surface area contributed by atoms with Crippen molar-refractivity contribution < 1.29 is 8.42 Å². The van der Waals surface area contributed by atoms with Crippen LogP contribution in [0.4, 0.5) is 5.82 Å². The highest BCUT2D eigenvalue weighted by molar-refractivity contribution is 7.91. The molecule has 4 nitrogen and oxygen atoms in total. The fraction of sp³-hybridized carbons (Fsp3) is 0.444. The first-order valence-corrected chi connectivity index (χ1v) is 6.05. The standard InChI is InChI=1S/C9H14N2O2S/c1-7(2)14(12,13)6-8-3-4-11-9(10)5-8/h3-5,7H,6H2,1-2H3,(H2,10,11). The Labute approximate surface area is 84.1 Å². The number of hydrogen-bond donors (Lipinski definition) is 1. The lowest BCUT2D eigenvalue weighted by Gasteiger charge is -2.07. The van der Waals surface area contributed by atoms with E-state index in [9.17, 15) is 8.42 Å². The smallest absolute Gasteiger partial charge is 0.156 e. The maximum atomic E-state index is 11.5. The molecule has 5 heteroatoms. The lowest BCUT2D eigenvalue weighted by Crippen LogP contribution is -2.16. The molecule has 1 rings (SSSR count). The minimum atomic E-state index is -3.05. The van der Waals surface area contributed by atoms with E-state index in [0.29, 0.717) is 11.4 Å². The first-order chi connectivity index (χ1) is 6.42. The zero-order chi connectivity index (χ0) is 10.8. The molecule has 2 N–H and O–H groups in total. The number of nitrogens with two attached hydrogens (primary N) is 1. The van der Waals surface area contributed by atoms with Crippen LogP contribution in [0.5, 0.6) is 0 Å². The number of pyridine rings is 1. The van der Waals surface area contributed by atoms with E-state index < -0.39 is 9.84 Å². The second kappa shape index (κ2) is 3.96. The van der Waals surface area contributed by atoms with E-state index in [4.69, 9.17) is 5.73 Å². The van der Waals surface area contributed by atoms with E-state index in [1.54, 1.807) is 26.0 Å². The minimum absolute atomic E-state index is 0.0252. The third-order valence-corrected chi connectivity index (χ3v) is 4.10. The fourth-order valence-electron chi connectivity index (χ4n) is 0.983. The van der Waals surface area contributed by atoms with Crippen molar-refractivity contribution in [1.29, 1.82) is 0 Å². The second-order valence-electron chi connectivity index (χ2n) is 3.44. The van der Waals surface area contributed by atoms with E-state index in [1.807, 2.05) is 0 Å². The van der Waals surface area contributed by atoms with Gasteiger partial charge < -0.3 is 5.73 Å². The van der Waals surface area contributed by atoms with Crippen molar-refractivity contribution >= 4 is 15.7 Å². The number of nitrogens with zero attached hydrogens (tertiary/aromatic N) is 1. The summed E-state index contributed by atoms with van der Waals surface area (Å²) in [6, 6.07) is 3.25. The summed E-state index contributed by atoms with van der Waals surface area (Å²) in [5.41, 5.74) is 6.13. The Morgan fingerprint density at radius 1 is 1.50 bits per heavy atom. The normalized spacial score (nSPS) is 11.9. The molecular formula is C9H14N2O2S. The van der Waals surface area contributed by atoms with Gasteiger partial charge in [0.25, 0.3) is 0 Å². The number of aromatic nitrogens is 1. The molecule has 1 heterocycles. The van der Waals surface area contributed by atoms with Crippen molar-refractivity contribution in [3.8, 4) is 0 Å². The summed E-state index contributed by atoms with van der Waals surface area (Å²) in [4.78, 5) is 3.80. The predicted molar refractivity (Wildman–Crippen MR) is 56.4 cm³/mol. The number of sulfone groups is 1. The number of nitrogen functional groups attached to an aromatic ring is 1. The van der Waals surface area contributed by atoms with Crippen molar-refractivity contribution in [1.82, 2.24) is 4.98 Å². The van der Waals surface area contributed by atoms with E-state index in [-0.39, 0.29) is 11.0 Å². The monoisotopic (exact) mass is 214 g/mol. The molecule has 0 bridgehead atoms. The second-order valence-corrected chi connectivity index (χ2v) is 6.00. The minimum Gasteiger partial charge on any atom is -0.384 e. The van der Waals surface area contributed by atoms with Gasteiger partial charge in [-0.25, -0.2) is 13.4 Å². The summed E-state index contributed by atoms with van der Waals surface area (Å²) in [7, 11) is -3.05. The van der Waals surface area contributed by atoms with Crippen LogP contribution in [0.25, 0.3) is 0 Å². The Balaban J connectivity index is 2.90. The zero-order valence-corrected chi connectivity index (χ0v) is 9.08. The van der Waals surface area contributed by atoms with Crippen molar-refractivity contribution in [2.24, 2.45) is 0 Å². The average molecular weight is 214 g/mol. The Morgan fingerprint density at radius 2 is 2.14 bits per heavy atom. The predicted octanol–water partition coefficient (Wildman–Crippen LogP) is 0.987. The topological polar surface area (TPSA) is 73.0 Å². The molecule has 1 aromatic rings. The van der Waals surface area contributed by atoms with E-state index >= 15 is 0 Å². The summed E-state index contributed by atoms with van der Waals surface area (Å²) in [5, 5.41) is -0.364. The summed E-state index contributed by atoms with van der Waals surface area (Å²) < 4.78 is 23.1. The van der Waals surface area contributed by atoms with Crippen LogP contribution in [0, 0.1) is 0 Å². The molecule has 0 aliphatic carbocycles. The Kier molecular flexibility index (Phi) is 3.10. The van der Waals surface area contributed by atoms with Gasteiger partial charge in [0, 0.05) is 6.20 Å². The molecule has 78 valence electrons. The molecule has 0 spiro atoms. The molecule has 0 saturated heterocycles. The zero-order valence-electron chi connectivity index (χ0n) is 8.27. The van der Waals surface area contributed by atoms with Crippen LogP contribution in [0.2, 0.25) is 0 Å². The van der Waals surface area contributed by atoms with Crippen LogP contribution in [0.3, 0.4) is 0 Å². The van der Waals surface area contributed by atoms with Gasteiger partial charge in [-0.05, 0) is 31.5 Å². The third kappa shape index (κ3) is 2.70. The first-order valence-electron chi connectivity index (χ1n) is 4.34. The van der Waals surface area contributed by atoms with Crippen molar-refractivity contribution in [2.45, 2.75) is 24.9 Å². The molecule has 0 radical (unpaired) electrons. The van der Waals surface area contributed by atoms with Gasteiger partial charge in [-0.1, -0.05) is 0 Å². The van der Waals surface area contributed by atoms with Gasteiger partial charge >= 0.3 is 0 Å². The Morgan fingerprint density at radius 3 is 2.64 bits per heavy atom. The van der Waals surface area contributed by atoms with Crippen molar-refractivity contribution in [3.63, 3.8) is 0 Å². The van der Waals surface area contributed by atoms with Gasteiger partial charge in [-0.2, -0.15) is 0 Å². The molecule has 14 heavy (non-hydrogen) atoms. The Bertz CT molecular complexity index is 413. The van der Waals surface area contributed by atoms with Crippen molar-refractivity contribution in [2.75, 3.05) is 5.73 Å². The number of hydrogen-bond acceptors (Lipinski definition) is 4. The molecule has 0 aliphatic rings. The highest BCUT2D eigenvalue weighted by Crippen LogP contribution is 2.11. The molecule has 0 atom stereocenters. The fourth-order valence-corrected chi connectivity index (χ4v) is 1.96. The summed E-state index contributed by atoms with van der Waals surface area (Å²) in [5.74, 6) is 0.374. The van der Waals surface area contributed by atoms with Gasteiger partial charge in [0.15, 0.2) is 9.84 Å². The van der Waals surface area contributed by atoms with Crippen LogP contribution in [0.1, 0.15) is 19.4 Å². The van der Waals surface area contributed by atoms with Gasteiger partial charge in [-0.3, -0.25) is 0 Å². The van der Waals surface area contributed by atoms with E-state index in [0.717, 1.165) is 0 Å². The van der Waals surface area contributed by atoms with Gasteiger partial charge in [0.2, 0.25) is 0 Å². The van der Waals surface area contributed by atoms with Gasteiger partial charge in [0.05, 0.1) is 11.0 Å². The molecule has 0 amide bonds. The molecular weight excluding hydrogens is 200 g/mol. The van der Waals surface area contributed by atoms with Crippen LogP contribution < -0.4 is 5.73 Å². The highest BCUT2D eigenvalue weighted by Gasteiger charge is 2.16. The highest BCUT2D eigenvalue weighted by atomic mass is 32.2. The van der Waals surface area contributed by atoms with E-state index in [2.05, 4.69) is 4.98 Å². The molecule has 0 saturated carbocycles. The largest absolute Gasteiger partial charge is 0.384 e. The maximum Gasteiger partial charge on any atom is 0.156 e. The lowest BCUT2D eigenvalue weighted by atomic mass is 10.3. The van der Waals surface area contributed by atoms with Crippen molar-refractivity contribution in [3.05, 3.63) is 23.9 Å².